The number of hydrogen-bond donors (Lipinski definition) is 21. The summed E-state index contributed by atoms with van der Waals surface area (Å²) in [5.74, 6) is -21.0. The molecule has 0 unspecified atom stereocenters. The van der Waals surface area contributed by atoms with Crippen LogP contribution >= 0.6 is 0 Å². The summed E-state index contributed by atoms with van der Waals surface area (Å²) < 4.78 is 0. The fourth-order valence-electron chi connectivity index (χ4n) is 9.17. The van der Waals surface area contributed by atoms with Crippen molar-refractivity contribution in [1.29, 1.82) is 0 Å². The molecule has 0 fully saturated rings. The largest absolute Gasteiger partial charge is 0.481 e. The Balaban J connectivity index is 6.23. The topological polar surface area (TPSA) is 629 Å². The van der Waals surface area contributed by atoms with Gasteiger partial charge in [-0.25, -0.2) is 4.79 Å². The molecule has 0 radical (unpaired) electrons. The molecule has 0 aliphatic carbocycles. The van der Waals surface area contributed by atoms with Gasteiger partial charge in [-0.3, -0.25) is 81.5 Å². The molecule has 39 heteroatoms. The number of carboxylic acids is 3. The predicted octanol–water partition coefficient (Wildman–Crippen LogP) is -7.31. The first-order valence-electron chi connectivity index (χ1n) is 32.7. The van der Waals surface area contributed by atoms with Crippen molar-refractivity contribution in [1.82, 2.24) is 74.4 Å². The number of carbonyl (C=O) groups excluding carboxylic acids is 15. The molecule has 39 nitrogen and oxygen atoms in total. The Morgan fingerprint density at radius 1 is 0.400 bits per heavy atom. The van der Waals surface area contributed by atoms with Crippen LogP contribution in [0, 0.1) is 23.7 Å². The molecule has 0 aliphatic heterocycles. The van der Waals surface area contributed by atoms with Crippen LogP contribution in [0.25, 0.3) is 0 Å². The molecule has 0 aromatic heterocycles. The minimum absolute atomic E-state index is 0.0844. The summed E-state index contributed by atoms with van der Waals surface area (Å²) in [7, 11) is 0. The van der Waals surface area contributed by atoms with Crippen molar-refractivity contribution in [2.45, 2.75) is 219 Å². The van der Waals surface area contributed by atoms with Gasteiger partial charge in [0.05, 0.1) is 32.3 Å². The van der Waals surface area contributed by atoms with Gasteiger partial charge in [-0.1, -0.05) is 61.8 Å². The van der Waals surface area contributed by atoms with E-state index in [1.807, 2.05) is 0 Å². The number of rotatable bonds is 49. The van der Waals surface area contributed by atoms with Gasteiger partial charge in [0.15, 0.2) is 0 Å². The van der Waals surface area contributed by atoms with Crippen molar-refractivity contribution in [2.24, 2.45) is 35.1 Å². The lowest BCUT2D eigenvalue weighted by Crippen LogP contribution is -2.62. The van der Waals surface area contributed by atoms with Gasteiger partial charge in [-0.05, 0) is 89.0 Å². The van der Waals surface area contributed by atoms with Crippen molar-refractivity contribution < 1.29 is 112 Å². The minimum atomic E-state index is -1.82. The van der Waals surface area contributed by atoms with Gasteiger partial charge in [0.25, 0.3) is 0 Å². The average Bonchev–Trinajstić information content (AvgIpc) is 0.787. The molecule has 0 bridgehead atoms. The van der Waals surface area contributed by atoms with E-state index in [9.17, 15) is 112 Å². The Hall–Kier alpha value is -9.66. The molecule has 0 aromatic rings. The maximum atomic E-state index is 13.9. The summed E-state index contributed by atoms with van der Waals surface area (Å²) in [6.45, 7) is 13.2. The molecule has 23 N–H and O–H groups in total. The minimum Gasteiger partial charge on any atom is -0.481 e. The van der Waals surface area contributed by atoms with Crippen LogP contribution in [0.2, 0.25) is 0 Å². The Labute approximate surface area is 578 Å². The van der Waals surface area contributed by atoms with Gasteiger partial charge < -0.3 is 111 Å². The molecule has 100 heavy (non-hydrogen) atoms. The lowest BCUT2D eigenvalue weighted by Gasteiger charge is -2.29. The number of amides is 15. The highest BCUT2D eigenvalue weighted by Crippen LogP contribution is 2.13. The Morgan fingerprint density at radius 2 is 0.780 bits per heavy atom. The van der Waals surface area contributed by atoms with Crippen molar-refractivity contribution in [2.75, 3.05) is 32.8 Å². The molecule has 566 valence electrons. The van der Waals surface area contributed by atoms with Crippen molar-refractivity contribution >= 4 is 107 Å². The van der Waals surface area contributed by atoms with Crippen molar-refractivity contribution in [3.8, 4) is 0 Å². The van der Waals surface area contributed by atoms with E-state index in [0.717, 1.165) is 13.8 Å². The molecule has 0 aromatic carbocycles. The third kappa shape index (κ3) is 35.7. The Morgan fingerprint density at radius 3 is 1.21 bits per heavy atom. The van der Waals surface area contributed by atoms with Crippen LogP contribution in [0.4, 0.5) is 0 Å². The number of carboxylic acid groups (broad SMARTS) is 3. The van der Waals surface area contributed by atoms with Crippen LogP contribution in [0.5, 0.6) is 0 Å². The lowest BCUT2D eigenvalue weighted by atomic mass is 9.97. The summed E-state index contributed by atoms with van der Waals surface area (Å²) in [6.07, 6.45) is -4.49. The first-order valence-corrected chi connectivity index (χ1v) is 32.7. The normalized spacial score (nSPS) is 15.0. The van der Waals surface area contributed by atoms with E-state index in [0.29, 0.717) is 12.8 Å². The van der Waals surface area contributed by atoms with Crippen LogP contribution in [-0.4, -0.2) is 237 Å². The molecule has 0 saturated heterocycles. The number of primary amides is 1. The predicted molar refractivity (Wildman–Crippen MR) is 352 cm³/mol. The van der Waals surface area contributed by atoms with E-state index in [-0.39, 0.29) is 31.7 Å². The zero-order chi connectivity index (χ0) is 76.8. The van der Waals surface area contributed by atoms with E-state index >= 15 is 0 Å². The molecule has 15 amide bonds. The summed E-state index contributed by atoms with van der Waals surface area (Å²) >= 11 is 0. The summed E-state index contributed by atoms with van der Waals surface area (Å²) in [6, 6.07) is -17.1. The number of unbranched alkanes of at least 4 members (excludes halogenated alkanes) is 1. The zero-order valence-electron chi connectivity index (χ0n) is 58.3. The van der Waals surface area contributed by atoms with E-state index < -0.39 is 262 Å². The maximum absolute atomic E-state index is 13.9. The maximum Gasteiger partial charge on any atom is 0.326 e. The van der Waals surface area contributed by atoms with Gasteiger partial charge in [0, 0.05) is 26.2 Å². The van der Waals surface area contributed by atoms with E-state index in [1.165, 1.54) is 34.6 Å². The number of aliphatic hydroxyl groups excluding tert-OH is 2. The van der Waals surface area contributed by atoms with E-state index in [1.54, 1.807) is 27.7 Å². The molecule has 0 heterocycles. The molecule has 13 atom stereocenters. The second-order valence-corrected chi connectivity index (χ2v) is 25.0. The zero-order valence-corrected chi connectivity index (χ0v) is 58.3. The van der Waals surface area contributed by atoms with Gasteiger partial charge in [0.1, 0.15) is 66.5 Å². The Kier molecular flexibility index (Phi) is 42.1. The number of hydrogen-bond acceptors (Lipinski definition) is 21. The number of aliphatic hydroxyl groups is 2. The van der Waals surface area contributed by atoms with Crippen LogP contribution in [0.3, 0.4) is 0 Å². The van der Waals surface area contributed by atoms with Gasteiger partial charge in [0.2, 0.25) is 88.6 Å². The van der Waals surface area contributed by atoms with E-state index in [2.05, 4.69) is 74.4 Å². The Bertz CT molecular complexity index is 2860. The highest BCUT2D eigenvalue weighted by atomic mass is 16.4. The fourth-order valence-corrected chi connectivity index (χ4v) is 9.17. The average molecular weight is 1430 g/mol. The number of nitrogens with one attached hydrogen (secondary N) is 14. The van der Waals surface area contributed by atoms with Crippen LogP contribution in [0.1, 0.15) is 147 Å². The monoisotopic (exact) mass is 1430 g/mol. The quantitative estimate of drug-likeness (QED) is 0.0252. The molecular formula is C61H104N16O23. The standard InChI is InChI=1S/C61H104N16O23/c1-12-31(8)49(61(99)100)76-56(94)39(23-28(2)3)69-43(83)25-66-58(96)50(33(10)79)77-57(95)40(27-78)73-59(97)48(30(6)7)75-60(98)47(29(4)5)74-44(84)26-65-51(89)32(9)67-52(90)35(15-13-14-22-62)70-54(92)37(17-20-45(85)86)72-55(93)38(18-21-46(87)88)71-53(91)36(16-19-41(63)81)68-42(82)24-64-34(11)80/h28-33,35-40,47-50,78-79H,12-27,62H2,1-11H3,(H2,63,81)(H,64,80)(H,65,89)(H,66,96)(H,67,90)(H,68,82)(H,69,83)(H,70,92)(H,71,91)(H,72,93)(H,73,97)(H,74,84)(H,75,98)(H,76,94)(H,77,95)(H,85,86)(H,87,88)(H,99,100)/t31-,32-,33+,35-,36-,37-,38-,39-,40-,47-,48-,49-,50-/m0/s1. The summed E-state index contributed by atoms with van der Waals surface area (Å²) in [5.41, 5.74) is 10.9. The highest BCUT2D eigenvalue weighted by molar-refractivity contribution is 6.00. The molecule has 0 rings (SSSR count). The fraction of sp³-hybridized carbons (Fsp3) is 0.705. The molecule has 0 spiro atoms. The third-order valence-electron chi connectivity index (χ3n) is 15.1. The first kappa shape index (κ1) is 90.3. The van der Waals surface area contributed by atoms with Crippen molar-refractivity contribution in [3.63, 3.8) is 0 Å². The second kappa shape index (κ2) is 46.6. The SMILES string of the molecule is CC[C@H](C)[C@H](NC(=O)[C@H](CC(C)C)NC(=O)CNC(=O)[C@@H](NC(=O)[C@H](CO)NC(=O)[C@@H](NC(=O)[C@@H](NC(=O)CNC(=O)[C@H](C)NC(=O)[C@H](CCCCN)NC(=O)[C@H](CCC(=O)O)NC(=O)[C@H](CCC(=O)O)NC(=O)[C@H](CCC(N)=O)NC(=O)CNC(C)=O)C(C)C)C(C)C)[C@@H](C)O)C(=O)O. The van der Waals surface area contributed by atoms with Crippen LogP contribution in [0.15, 0.2) is 0 Å². The summed E-state index contributed by atoms with van der Waals surface area (Å²) in [4.78, 5) is 233. The van der Waals surface area contributed by atoms with Crippen LogP contribution in [-0.2, 0) is 86.3 Å². The summed E-state index contributed by atoms with van der Waals surface area (Å²) in [5, 5.41) is 81.9. The first-order chi connectivity index (χ1) is 46.6. The molecular weight excluding hydrogens is 1320 g/mol. The number of carbonyl (C=O) groups is 18. The van der Waals surface area contributed by atoms with Crippen LogP contribution < -0.4 is 85.9 Å². The molecule has 0 aliphatic rings. The van der Waals surface area contributed by atoms with Crippen molar-refractivity contribution in [3.05, 3.63) is 0 Å². The second-order valence-electron chi connectivity index (χ2n) is 25.0. The highest BCUT2D eigenvalue weighted by Gasteiger charge is 2.37. The number of nitrogens with two attached hydrogens (primary N) is 2. The smallest absolute Gasteiger partial charge is 0.326 e. The van der Waals surface area contributed by atoms with Gasteiger partial charge >= 0.3 is 17.9 Å². The van der Waals surface area contributed by atoms with E-state index in [4.69, 9.17) is 11.5 Å². The van der Waals surface area contributed by atoms with Gasteiger partial charge in [-0.2, -0.15) is 0 Å². The van der Waals surface area contributed by atoms with Gasteiger partial charge in [-0.15, -0.1) is 0 Å². The lowest BCUT2D eigenvalue weighted by molar-refractivity contribution is -0.144. The molecule has 0 saturated carbocycles. The number of aliphatic carboxylic acids is 3. The third-order valence-corrected chi connectivity index (χ3v) is 15.1.